The van der Waals surface area contributed by atoms with Crippen molar-refractivity contribution in [1.29, 1.82) is 0 Å². The SMILES string of the molecule is Cc1ccc(-n2c(C=Cc3cn(Cc4ccccc4)c4ccccc34)nc3ccc(I)cc3c2=O)cc1. The third-order valence-corrected chi connectivity index (χ3v) is 7.25. The highest BCUT2D eigenvalue weighted by Crippen LogP contribution is 2.25. The number of para-hydroxylation sites is 1. The van der Waals surface area contributed by atoms with Crippen LogP contribution in [0.2, 0.25) is 0 Å². The van der Waals surface area contributed by atoms with Gasteiger partial charge in [0.2, 0.25) is 0 Å². The summed E-state index contributed by atoms with van der Waals surface area (Å²) in [6.07, 6.45) is 6.19. The average Bonchev–Trinajstić information content (AvgIpc) is 3.26. The fraction of sp³-hybridized carbons (Fsp3) is 0.0625. The van der Waals surface area contributed by atoms with Crippen LogP contribution in [-0.4, -0.2) is 14.1 Å². The summed E-state index contributed by atoms with van der Waals surface area (Å²) in [5.41, 5.74) is 6.07. The molecule has 4 aromatic carbocycles. The Balaban J connectivity index is 1.50. The minimum absolute atomic E-state index is 0.0708. The van der Waals surface area contributed by atoms with Gasteiger partial charge in [-0.2, -0.15) is 0 Å². The summed E-state index contributed by atoms with van der Waals surface area (Å²) in [7, 11) is 0. The number of aromatic nitrogens is 3. The maximum Gasteiger partial charge on any atom is 0.266 e. The van der Waals surface area contributed by atoms with Crippen molar-refractivity contribution in [1.82, 2.24) is 14.1 Å². The van der Waals surface area contributed by atoms with Crippen molar-refractivity contribution in [2.75, 3.05) is 0 Å². The molecule has 0 N–H and O–H groups in total. The molecule has 180 valence electrons. The molecule has 5 heteroatoms. The zero-order chi connectivity index (χ0) is 25.4. The van der Waals surface area contributed by atoms with E-state index < -0.39 is 0 Å². The summed E-state index contributed by atoms with van der Waals surface area (Å²) in [5.74, 6) is 0.599. The Bertz CT molecular complexity index is 1830. The molecule has 2 heterocycles. The maximum atomic E-state index is 13.7. The van der Waals surface area contributed by atoms with E-state index in [9.17, 15) is 4.79 Å². The molecule has 37 heavy (non-hydrogen) atoms. The molecule has 6 aromatic rings. The number of nitrogens with zero attached hydrogens (tertiary/aromatic N) is 3. The largest absolute Gasteiger partial charge is 0.342 e. The predicted molar refractivity (Wildman–Crippen MR) is 161 cm³/mol. The van der Waals surface area contributed by atoms with Crippen LogP contribution in [-0.2, 0) is 6.54 Å². The molecule has 0 saturated heterocycles. The van der Waals surface area contributed by atoms with Gasteiger partial charge in [-0.1, -0.05) is 66.2 Å². The van der Waals surface area contributed by atoms with Crippen LogP contribution in [0.4, 0.5) is 0 Å². The van der Waals surface area contributed by atoms with E-state index in [1.165, 1.54) is 11.1 Å². The van der Waals surface area contributed by atoms with Crippen molar-refractivity contribution in [3.63, 3.8) is 0 Å². The number of hydrogen-bond acceptors (Lipinski definition) is 2. The number of rotatable bonds is 5. The van der Waals surface area contributed by atoms with Gasteiger partial charge >= 0.3 is 0 Å². The first-order valence-corrected chi connectivity index (χ1v) is 13.2. The second-order valence-corrected chi connectivity index (χ2v) is 10.4. The van der Waals surface area contributed by atoms with Gasteiger partial charge in [-0.3, -0.25) is 9.36 Å². The fourth-order valence-electron chi connectivity index (χ4n) is 4.71. The Hall–Kier alpha value is -3.97. The van der Waals surface area contributed by atoms with Crippen LogP contribution in [0.15, 0.2) is 108 Å². The zero-order valence-electron chi connectivity index (χ0n) is 20.3. The van der Waals surface area contributed by atoms with E-state index in [0.29, 0.717) is 16.7 Å². The molecule has 0 aliphatic carbocycles. The van der Waals surface area contributed by atoms with E-state index in [-0.39, 0.29) is 5.56 Å². The highest BCUT2D eigenvalue weighted by atomic mass is 127. The molecule has 0 atom stereocenters. The van der Waals surface area contributed by atoms with Crippen LogP contribution in [0.5, 0.6) is 0 Å². The summed E-state index contributed by atoms with van der Waals surface area (Å²) in [6.45, 7) is 2.83. The molecule has 0 radical (unpaired) electrons. The lowest BCUT2D eigenvalue weighted by Crippen LogP contribution is -2.22. The lowest BCUT2D eigenvalue weighted by atomic mass is 10.1. The van der Waals surface area contributed by atoms with Crippen molar-refractivity contribution < 1.29 is 0 Å². The van der Waals surface area contributed by atoms with Crippen LogP contribution in [0, 0.1) is 10.5 Å². The van der Waals surface area contributed by atoms with Gasteiger partial charge < -0.3 is 4.57 Å². The smallest absolute Gasteiger partial charge is 0.266 e. The maximum absolute atomic E-state index is 13.7. The molecule has 0 unspecified atom stereocenters. The highest BCUT2D eigenvalue weighted by Gasteiger charge is 2.13. The lowest BCUT2D eigenvalue weighted by molar-refractivity contribution is 0.836. The Morgan fingerprint density at radius 2 is 1.59 bits per heavy atom. The number of aryl methyl sites for hydroxylation is 1. The second-order valence-electron chi connectivity index (χ2n) is 9.16. The van der Waals surface area contributed by atoms with Gasteiger partial charge in [0.05, 0.1) is 16.6 Å². The van der Waals surface area contributed by atoms with Crippen molar-refractivity contribution >= 4 is 56.5 Å². The number of fused-ring (bicyclic) bond motifs is 2. The Morgan fingerprint density at radius 3 is 2.41 bits per heavy atom. The predicted octanol–water partition coefficient (Wildman–Crippen LogP) is 7.47. The van der Waals surface area contributed by atoms with Crippen molar-refractivity contribution in [2.45, 2.75) is 13.5 Å². The van der Waals surface area contributed by atoms with Crippen LogP contribution >= 0.6 is 22.6 Å². The van der Waals surface area contributed by atoms with Crippen LogP contribution in [0.25, 0.3) is 39.6 Å². The zero-order valence-corrected chi connectivity index (χ0v) is 22.5. The van der Waals surface area contributed by atoms with Gasteiger partial charge in [0.1, 0.15) is 5.82 Å². The molecule has 0 bridgehead atoms. The average molecular weight is 593 g/mol. The Kier molecular flexibility index (Phi) is 6.22. The topological polar surface area (TPSA) is 39.8 Å². The van der Waals surface area contributed by atoms with E-state index in [0.717, 1.165) is 32.3 Å². The van der Waals surface area contributed by atoms with Crippen LogP contribution in [0.3, 0.4) is 0 Å². The standard InChI is InChI=1S/C32H24IN3O/c1-22-11-15-26(16-12-22)36-31(34-29-17-14-25(33)19-28(29)32(36)37)18-13-24-21-35(20-23-7-3-2-4-8-23)30-10-6-5-9-27(24)30/h2-19,21H,20H2,1H3. The van der Waals surface area contributed by atoms with Crippen molar-refractivity contribution in [3.05, 3.63) is 140 Å². The normalized spacial score (nSPS) is 11.6. The van der Waals surface area contributed by atoms with Crippen LogP contribution in [0.1, 0.15) is 22.5 Å². The molecule has 0 aliphatic heterocycles. The molecule has 0 saturated carbocycles. The summed E-state index contributed by atoms with van der Waals surface area (Å²) in [6, 6.07) is 32.7. The van der Waals surface area contributed by atoms with Crippen LogP contribution < -0.4 is 5.56 Å². The third-order valence-electron chi connectivity index (χ3n) is 6.58. The van der Waals surface area contributed by atoms with E-state index in [2.05, 4.69) is 88.0 Å². The molecule has 4 nitrogen and oxygen atoms in total. The minimum atomic E-state index is -0.0708. The summed E-state index contributed by atoms with van der Waals surface area (Å²) in [5, 5.41) is 1.78. The van der Waals surface area contributed by atoms with Gasteiger partial charge in [0, 0.05) is 32.8 Å². The van der Waals surface area contributed by atoms with Crippen molar-refractivity contribution in [2.24, 2.45) is 0 Å². The third kappa shape index (κ3) is 4.62. The Morgan fingerprint density at radius 1 is 0.838 bits per heavy atom. The van der Waals surface area contributed by atoms with Gasteiger partial charge in [0.25, 0.3) is 5.56 Å². The molecular weight excluding hydrogens is 569 g/mol. The number of benzene rings is 4. The first-order valence-electron chi connectivity index (χ1n) is 12.2. The summed E-state index contributed by atoms with van der Waals surface area (Å²) in [4.78, 5) is 18.6. The summed E-state index contributed by atoms with van der Waals surface area (Å²) < 4.78 is 4.99. The lowest BCUT2D eigenvalue weighted by Gasteiger charge is -2.12. The molecule has 6 rings (SSSR count). The van der Waals surface area contributed by atoms with E-state index in [4.69, 9.17) is 4.98 Å². The monoisotopic (exact) mass is 593 g/mol. The van der Waals surface area contributed by atoms with Gasteiger partial charge in [0.15, 0.2) is 0 Å². The first kappa shape index (κ1) is 23.4. The van der Waals surface area contributed by atoms with Gasteiger partial charge in [-0.25, -0.2) is 4.98 Å². The van der Waals surface area contributed by atoms with Gasteiger partial charge in [-0.05, 0) is 83.6 Å². The molecule has 0 spiro atoms. The quantitative estimate of drug-likeness (QED) is 0.195. The second kappa shape index (κ2) is 9.82. The minimum Gasteiger partial charge on any atom is -0.342 e. The van der Waals surface area contributed by atoms with E-state index >= 15 is 0 Å². The van der Waals surface area contributed by atoms with E-state index in [1.807, 2.05) is 61.5 Å². The number of halogens is 1. The highest BCUT2D eigenvalue weighted by molar-refractivity contribution is 14.1. The molecule has 0 amide bonds. The summed E-state index contributed by atoms with van der Waals surface area (Å²) >= 11 is 2.23. The number of hydrogen-bond donors (Lipinski definition) is 0. The van der Waals surface area contributed by atoms with Crippen molar-refractivity contribution in [3.8, 4) is 5.69 Å². The first-order chi connectivity index (χ1) is 18.1. The molecule has 0 fully saturated rings. The fourth-order valence-corrected chi connectivity index (χ4v) is 5.20. The molecular formula is C32H24IN3O. The molecule has 2 aromatic heterocycles. The molecule has 0 aliphatic rings. The van der Waals surface area contributed by atoms with E-state index in [1.54, 1.807) is 4.57 Å². The van der Waals surface area contributed by atoms with Gasteiger partial charge in [-0.15, -0.1) is 0 Å². The Labute approximate surface area is 228 Å².